The highest BCUT2D eigenvalue weighted by Gasteiger charge is 2.19. The summed E-state index contributed by atoms with van der Waals surface area (Å²) in [5.74, 6) is 0. The molecule has 1 aliphatic rings. The first kappa shape index (κ1) is 8.48. The Labute approximate surface area is 77.1 Å². The number of aliphatic hydroxyl groups excluding tert-OH is 1. The highest BCUT2D eigenvalue weighted by molar-refractivity contribution is 5.68. The number of ether oxygens (including phenoxy) is 1. The predicted octanol–water partition coefficient (Wildman–Crippen LogP) is 1.66. The van der Waals surface area contributed by atoms with Gasteiger partial charge in [0.15, 0.2) is 0 Å². The Morgan fingerprint density at radius 3 is 1.54 bits per heavy atom. The molecule has 1 saturated heterocycles. The molecule has 1 unspecified atom stereocenters. The lowest BCUT2D eigenvalue weighted by Gasteiger charge is -1.92. The largest absolute Gasteiger partial charge is 0.394 e. The van der Waals surface area contributed by atoms with Crippen molar-refractivity contribution in [3.63, 3.8) is 0 Å². The maximum Gasteiger partial charge on any atom is 0.104 e. The third kappa shape index (κ3) is 2.41. The van der Waals surface area contributed by atoms with Crippen molar-refractivity contribution in [1.82, 2.24) is 0 Å². The van der Waals surface area contributed by atoms with Gasteiger partial charge in [0.05, 0.1) is 13.2 Å². The molecule has 2 bridgehead atoms. The number of hydrogen-bond acceptors (Lipinski definition) is 2. The van der Waals surface area contributed by atoms with Crippen molar-refractivity contribution in [3.05, 3.63) is 36.4 Å². The zero-order valence-electron chi connectivity index (χ0n) is 7.31. The van der Waals surface area contributed by atoms with Crippen LogP contribution in [0.2, 0.25) is 0 Å². The molecule has 0 aromatic heterocycles. The second-order valence-electron chi connectivity index (χ2n) is 3.14. The lowest BCUT2D eigenvalue weighted by molar-refractivity contribution is 0.244. The van der Waals surface area contributed by atoms with E-state index in [4.69, 9.17) is 5.11 Å². The van der Waals surface area contributed by atoms with Crippen molar-refractivity contribution < 1.29 is 9.84 Å². The Bertz CT molecular complexity index is 277. The fourth-order valence-electron chi connectivity index (χ4n) is 1.08. The molecular weight excluding hydrogens is 164 g/mol. The minimum absolute atomic E-state index is 0.190. The molecule has 4 rings (SSSR count). The number of hydrogen-bond donors (Lipinski definition) is 1. The van der Waals surface area contributed by atoms with Gasteiger partial charge in [0.25, 0.3) is 0 Å². The summed E-state index contributed by atoms with van der Waals surface area (Å²) in [5, 5.41) is 10.7. The molecule has 2 nitrogen and oxygen atoms in total. The van der Waals surface area contributed by atoms with Crippen LogP contribution >= 0.6 is 0 Å². The zero-order chi connectivity index (χ0) is 9.10. The maximum absolute atomic E-state index is 8.08. The normalized spacial score (nSPS) is 19.6. The van der Waals surface area contributed by atoms with Gasteiger partial charge in [-0.05, 0) is 10.8 Å². The van der Waals surface area contributed by atoms with Crippen molar-refractivity contribution in [2.24, 2.45) is 0 Å². The molecule has 1 N–H and O–H groups in total. The van der Waals surface area contributed by atoms with Crippen LogP contribution in [-0.2, 0) is 4.74 Å². The van der Waals surface area contributed by atoms with E-state index in [9.17, 15) is 0 Å². The molecule has 1 aliphatic heterocycles. The number of epoxide rings is 1. The van der Waals surface area contributed by atoms with Crippen LogP contribution in [-0.4, -0.2) is 24.4 Å². The minimum Gasteiger partial charge on any atom is -0.394 e. The quantitative estimate of drug-likeness (QED) is 0.670. The summed E-state index contributed by atoms with van der Waals surface area (Å²) < 4.78 is 4.61. The molecule has 1 atom stereocenters. The van der Waals surface area contributed by atoms with Gasteiger partial charge in [-0.3, -0.25) is 0 Å². The Morgan fingerprint density at radius 2 is 1.46 bits per heavy atom. The summed E-state index contributed by atoms with van der Waals surface area (Å²) in [4.78, 5) is 0. The molecule has 0 aliphatic carbocycles. The van der Waals surface area contributed by atoms with Crippen LogP contribution in [0.25, 0.3) is 10.8 Å². The Kier molecular flexibility index (Phi) is 2.43. The van der Waals surface area contributed by atoms with E-state index in [1.165, 1.54) is 10.8 Å². The molecular formula is C11H12O2. The monoisotopic (exact) mass is 176 g/mol. The van der Waals surface area contributed by atoms with E-state index in [2.05, 4.69) is 41.1 Å². The van der Waals surface area contributed by atoms with E-state index in [1.807, 2.05) is 0 Å². The summed E-state index contributed by atoms with van der Waals surface area (Å²) in [6.07, 6.45) is 0.190. The smallest absolute Gasteiger partial charge is 0.104 e. The van der Waals surface area contributed by atoms with Crippen LogP contribution in [0.4, 0.5) is 0 Å². The van der Waals surface area contributed by atoms with Gasteiger partial charge in [0, 0.05) is 0 Å². The number of rotatable bonds is 1. The van der Waals surface area contributed by atoms with E-state index < -0.39 is 0 Å². The van der Waals surface area contributed by atoms with E-state index >= 15 is 0 Å². The lowest BCUT2D eigenvalue weighted by atomic mass is 10.1. The van der Waals surface area contributed by atoms with Gasteiger partial charge in [0.2, 0.25) is 0 Å². The minimum atomic E-state index is 0.190. The maximum atomic E-state index is 8.08. The molecule has 3 aromatic carbocycles. The summed E-state index contributed by atoms with van der Waals surface area (Å²) in [6.45, 7) is 0.955. The molecule has 0 spiro atoms. The van der Waals surface area contributed by atoms with Gasteiger partial charge in [-0.25, -0.2) is 0 Å². The summed E-state index contributed by atoms with van der Waals surface area (Å²) in [6, 6.07) is 12.7. The standard InChI is InChI=1S/C8H6.C3H6O2/c1-2-8-5-3-7(1)4-6-8;4-1-3-2-5-3/h1-6H;3-4H,1-2H2. The molecule has 1 heterocycles. The fourth-order valence-corrected chi connectivity index (χ4v) is 1.08. The van der Waals surface area contributed by atoms with E-state index in [0.29, 0.717) is 0 Å². The van der Waals surface area contributed by atoms with Gasteiger partial charge in [-0.1, -0.05) is 36.4 Å². The Morgan fingerprint density at radius 1 is 1.08 bits per heavy atom. The fraction of sp³-hybridized carbons (Fsp3) is 0.273. The average Bonchev–Trinajstić information content (AvgIpc) is 3.05. The lowest BCUT2D eigenvalue weighted by Crippen LogP contribution is -1.88. The van der Waals surface area contributed by atoms with Crippen LogP contribution in [0.3, 0.4) is 0 Å². The molecule has 0 radical (unpaired) electrons. The van der Waals surface area contributed by atoms with Crippen molar-refractivity contribution in [2.75, 3.05) is 13.2 Å². The van der Waals surface area contributed by atoms with Crippen LogP contribution in [0.5, 0.6) is 0 Å². The van der Waals surface area contributed by atoms with Crippen molar-refractivity contribution >= 4 is 10.8 Å². The first-order valence-corrected chi connectivity index (χ1v) is 4.39. The number of aliphatic hydroxyl groups is 1. The van der Waals surface area contributed by atoms with Gasteiger partial charge in [-0.2, -0.15) is 0 Å². The molecule has 13 heavy (non-hydrogen) atoms. The van der Waals surface area contributed by atoms with Crippen molar-refractivity contribution in [1.29, 1.82) is 0 Å². The molecule has 1 fully saturated rings. The molecule has 0 saturated carbocycles. The second kappa shape index (κ2) is 3.73. The molecule has 3 aromatic rings. The van der Waals surface area contributed by atoms with Crippen LogP contribution in [0.15, 0.2) is 36.4 Å². The van der Waals surface area contributed by atoms with E-state index in [-0.39, 0.29) is 12.7 Å². The number of benzene rings is 3. The second-order valence-corrected chi connectivity index (χ2v) is 3.14. The topological polar surface area (TPSA) is 32.8 Å². The predicted molar refractivity (Wildman–Crippen MR) is 52.0 cm³/mol. The van der Waals surface area contributed by atoms with Gasteiger partial charge < -0.3 is 9.84 Å². The van der Waals surface area contributed by atoms with Crippen molar-refractivity contribution in [3.8, 4) is 0 Å². The van der Waals surface area contributed by atoms with Crippen molar-refractivity contribution in [2.45, 2.75) is 6.10 Å². The SMILES string of the molecule is OCC1CO1.c1cc2ccc1cc2. The first-order chi connectivity index (χ1) is 6.38. The average molecular weight is 176 g/mol. The van der Waals surface area contributed by atoms with Gasteiger partial charge in [-0.15, -0.1) is 0 Å². The van der Waals surface area contributed by atoms with Crippen LogP contribution in [0, 0.1) is 0 Å². The summed E-state index contributed by atoms with van der Waals surface area (Å²) in [7, 11) is 0. The van der Waals surface area contributed by atoms with Crippen LogP contribution < -0.4 is 0 Å². The van der Waals surface area contributed by atoms with Gasteiger partial charge in [0.1, 0.15) is 6.10 Å². The molecule has 68 valence electrons. The van der Waals surface area contributed by atoms with E-state index in [1.54, 1.807) is 0 Å². The first-order valence-electron chi connectivity index (χ1n) is 4.39. The Balaban J connectivity index is 0.000000113. The summed E-state index contributed by atoms with van der Waals surface area (Å²) in [5.41, 5.74) is 0. The number of fused-ring (bicyclic) bond motifs is 3. The molecule has 0 amide bonds. The Hall–Kier alpha value is -1.12. The highest BCUT2D eigenvalue weighted by Crippen LogP contribution is 2.09. The van der Waals surface area contributed by atoms with Crippen LogP contribution in [0.1, 0.15) is 0 Å². The zero-order valence-corrected chi connectivity index (χ0v) is 7.31. The summed E-state index contributed by atoms with van der Waals surface area (Å²) >= 11 is 0. The van der Waals surface area contributed by atoms with Gasteiger partial charge >= 0.3 is 0 Å². The third-order valence-corrected chi connectivity index (χ3v) is 2.01. The third-order valence-electron chi connectivity index (χ3n) is 2.01. The van der Waals surface area contributed by atoms with E-state index in [0.717, 1.165) is 6.61 Å². The molecule has 2 heteroatoms. The highest BCUT2D eigenvalue weighted by atomic mass is 16.6.